The number of methoxy groups -OCH3 is 2. The van der Waals surface area contributed by atoms with Gasteiger partial charge in [0.2, 0.25) is 0 Å². The number of nitrogens with zero attached hydrogens (tertiary/aromatic N) is 3. The first-order chi connectivity index (χ1) is 11.0. The van der Waals surface area contributed by atoms with E-state index >= 15 is 0 Å². The number of esters is 1. The first kappa shape index (κ1) is 15.5. The maximum absolute atomic E-state index is 12.1. The lowest BCUT2D eigenvalue weighted by Crippen LogP contribution is -2.10. The lowest BCUT2D eigenvalue weighted by atomic mass is 10.1. The summed E-state index contributed by atoms with van der Waals surface area (Å²) >= 11 is 3.47. The van der Waals surface area contributed by atoms with Crippen LogP contribution in [0.25, 0.3) is 16.9 Å². The molecular weight excluding hydrogens is 362 g/mol. The average molecular weight is 376 g/mol. The third kappa shape index (κ3) is 2.68. The van der Waals surface area contributed by atoms with Crippen LogP contribution >= 0.6 is 15.9 Å². The maximum Gasteiger partial charge on any atom is 0.356 e. The Labute approximate surface area is 141 Å². The van der Waals surface area contributed by atoms with E-state index in [2.05, 4.69) is 26.0 Å². The summed E-state index contributed by atoms with van der Waals surface area (Å²) < 4.78 is 12.3. The minimum atomic E-state index is -0.475. The summed E-state index contributed by atoms with van der Waals surface area (Å²) in [6.07, 6.45) is 0. The highest BCUT2D eigenvalue weighted by atomic mass is 79.9. The molecule has 0 bridgehead atoms. The number of carbonyl (C=O) groups excluding carboxylic acids is 1. The zero-order valence-electron chi connectivity index (χ0n) is 12.8. The van der Waals surface area contributed by atoms with E-state index in [1.54, 1.807) is 13.2 Å². The Morgan fingerprint density at radius 1 is 1.26 bits per heavy atom. The second-order valence-electron chi connectivity index (χ2n) is 4.88. The lowest BCUT2D eigenvalue weighted by Gasteiger charge is -2.08. The largest absolute Gasteiger partial charge is 0.497 e. The molecule has 0 unspecified atom stereocenters. The Bertz CT molecular complexity index is 905. The van der Waals surface area contributed by atoms with E-state index in [1.165, 1.54) is 11.6 Å². The predicted molar refractivity (Wildman–Crippen MR) is 88.8 cm³/mol. The van der Waals surface area contributed by atoms with Crippen LogP contribution in [0.5, 0.6) is 5.75 Å². The van der Waals surface area contributed by atoms with Crippen LogP contribution in [0.4, 0.5) is 0 Å². The van der Waals surface area contributed by atoms with Gasteiger partial charge in [0.1, 0.15) is 5.75 Å². The molecule has 3 rings (SSSR count). The van der Waals surface area contributed by atoms with Crippen LogP contribution in [0.2, 0.25) is 0 Å². The van der Waals surface area contributed by atoms with Crippen molar-refractivity contribution in [3.8, 4) is 17.0 Å². The Morgan fingerprint density at radius 2 is 2.04 bits per heavy atom. The molecule has 2 aromatic heterocycles. The van der Waals surface area contributed by atoms with E-state index in [-0.39, 0.29) is 0 Å². The molecular formula is C16H14BrN3O3. The lowest BCUT2D eigenvalue weighted by molar-refractivity contribution is 0.0590. The molecule has 3 aromatic rings. The van der Waals surface area contributed by atoms with Gasteiger partial charge < -0.3 is 9.47 Å². The van der Waals surface area contributed by atoms with Crippen molar-refractivity contribution in [3.05, 3.63) is 46.2 Å². The van der Waals surface area contributed by atoms with E-state index in [0.717, 1.165) is 15.7 Å². The molecule has 0 spiro atoms. The number of hydrogen-bond donors (Lipinski definition) is 0. The van der Waals surface area contributed by atoms with Crippen molar-refractivity contribution >= 4 is 27.5 Å². The second-order valence-corrected chi connectivity index (χ2v) is 5.68. The van der Waals surface area contributed by atoms with E-state index in [4.69, 9.17) is 9.47 Å². The molecule has 1 aromatic carbocycles. The van der Waals surface area contributed by atoms with Crippen molar-refractivity contribution in [1.82, 2.24) is 14.6 Å². The summed E-state index contributed by atoms with van der Waals surface area (Å²) in [6.45, 7) is 1.84. The number of aryl methyl sites for hydroxylation is 1. The quantitative estimate of drug-likeness (QED) is 0.657. The van der Waals surface area contributed by atoms with E-state index in [9.17, 15) is 4.79 Å². The highest BCUT2D eigenvalue weighted by Crippen LogP contribution is 2.27. The van der Waals surface area contributed by atoms with Gasteiger partial charge in [-0.1, -0.05) is 12.1 Å². The number of halogens is 1. The van der Waals surface area contributed by atoms with Crippen LogP contribution in [0.15, 0.2) is 34.8 Å². The summed E-state index contributed by atoms with van der Waals surface area (Å²) in [4.78, 5) is 16.7. The SMILES string of the molecule is COC(=O)c1cc(-c2cccc(OC)c2)nc2c(Br)c(C)nn12. The highest BCUT2D eigenvalue weighted by molar-refractivity contribution is 9.10. The standard InChI is InChI=1S/C16H14BrN3O3/c1-9-14(17)15-18-12(10-5-4-6-11(7-10)22-2)8-13(16(21)23-3)20(15)19-9/h4-8H,1-3H3. The molecule has 0 amide bonds. The molecule has 2 heterocycles. The summed E-state index contributed by atoms with van der Waals surface area (Å²) in [7, 11) is 2.94. The zero-order chi connectivity index (χ0) is 16.6. The number of hydrogen-bond acceptors (Lipinski definition) is 5. The summed E-state index contributed by atoms with van der Waals surface area (Å²) in [6, 6.07) is 9.14. The van der Waals surface area contributed by atoms with Crippen molar-refractivity contribution in [1.29, 1.82) is 0 Å². The van der Waals surface area contributed by atoms with Crippen LogP contribution in [0, 0.1) is 6.92 Å². The molecule has 23 heavy (non-hydrogen) atoms. The topological polar surface area (TPSA) is 65.7 Å². The van der Waals surface area contributed by atoms with Gasteiger partial charge in [-0.25, -0.2) is 14.3 Å². The molecule has 0 saturated carbocycles. The molecule has 118 valence electrons. The number of carbonyl (C=O) groups is 1. The first-order valence-corrected chi connectivity index (χ1v) is 7.63. The van der Waals surface area contributed by atoms with Crippen LogP contribution in [-0.4, -0.2) is 34.8 Å². The van der Waals surface area contributed by atoms with Crippen LogP contribution < -0.4 is 4.74 Å². The van der Waals surface area contributed by atoms with Gasteiger partial charge >= 0.3 is 5.97 Å². The molecule has 0 fully saturated rings. The molecule has 0 saturated heterocycles. The Balaban J connectivity index is 2.29. The van der Waals surface area contributed by atoms with Gasteiger partial charge in [0.25, 0.3) is 0 Å². The average Bonchev–Trinajstić information content (AvgIpc) is 2.88. The maximum atomic E-state index is 12.1. The Kier molecular flexibility index (Phi) is 4.04. The highest BCUT2D eigenvalue weighted by Gasteiger charge is 2.19. The Morgan fingerprint density at radius 3 is 2.74 bits per heavy atom. The molecule has 0 aliphatic rings. The summed E-state index contributed by atoms with van der Waals surface area (Å²) in [5, 5.41) is 4.33. The van der Waals surface area contributed by atoms with Crippen molar-refractivity contribution < 1.29 is 14.3 Å². The van der Waals surface area contributed by atoms with Crippen LogP contribution in [0.1, 0.15) is 16.2 Å². The Hall–Kier alpha value is -2.41. The molecule has 0 radical (unpaired) electrons. The van der Waals surface area contributed by atoms with Crippen molar-refractivity contribution in [2.45, 2.75) is 6.92 Å². The number of aromatic nitrogens is 3. The third-order valence-corrected chi connectivity index (χ3v) is 4.38. The second kappa shape index (κ2) is 6.00. The minimum Gasteiger partial charge on any atom is -0.497 e. The number of ether oxygens (including phenoxy) is 2. The monoisotopic (exact) mass is 375 g/mol. The van der Waals surface area contributed by atoms with Gasteiger partial charge in [-0.05, 0) is 41.1 Å². The fourth-order valence-electron chi connectivity index (χ4n) is 2.28. The predicted octanol–water partition coefficient (Wildman–Crippen LogP) is 3.26. The molecule has 6 nitrogen and oxygen atoms in total. The van der Waals surface area contributed by atoms with Gasteiger partial charge in [-0.3, -0.25) is 0 Å². The van der Waals surface area contributed by atoms with Gasteiger partial charge in [0.05, 0.1) is 30.1 Å². The smallest absolute Gasteiger partial charge is 0.356 e. The molecule has 7 heteroatoms. The number of fused-ring (bicyclic) bond motifs is 1. The zero-order valence-corrected chi connectivity index (χ0v) is 14.4. The summed E-state index contributed by atoms with van der Waals surface area (Å²) in [5.41, 5.74) is 3.08. The van der Waals surface area contributed by atoms with Crippen molar-refractivity contribution in [3.63, 3.8) is 0 Å². The molecule has 0 aliphatic carbocycles. The molecule has 0 N–H and O–H groups in total. The van der Waals surface area contributed by atoms with E-state index in [0.29, 0.717) is 22.8 Å². The minimum absolute atomic E-state index is 0.309. The normalized spacial score (nSPS) is 10.8. The van der Waals surface area contributed by atoms with E-state index in [1.807, 2.05) is 31.2 Å². The van der Waals surface area contributed by atoms with Gasteiger partial charge in [0, 0.05) is 5.56 Å². The fraction of sp³-hybridized carbons (Fsp3) is 0.188. The number of benzene rings is 1. The van der Waals surface area contributed by atoms with E-state index < -0.39 is 5.97 Å². The molecule has 0 atom stereocenters. The first-order valence-electron chi connectivity index (χ1n) is 6.83. The van der Waals surface area contributed by atoms with Crippen LogP contribution in [0.3, 0.4) is 0 Å². The third-order valence-electron chi connectivity index (χ3n) is 3.45. The van der Waals surface area contributed by atoms with Gasteiger partial charge in [0.15, 0.2) is 11.3 Å². The van der Waals surface area contributed by atoms with Crippen molar-refractivity contribution in [2.24, 2.45) is 0 Å². The molecule has 0 aliphatic heterocycles. The van der Waals surface area contributed by atoms with Gasteiger partial charge in [-0.2, -0.15) is 5.10 Å². The van der Waals surface area contributed by atoms with Crippen molar-refractivity contribution in [2.75, 3.05) is 14.2 Å². The van der Waals surface area contributed by atoms with Gasteiger partial charge in [-0.15, -0.1) is 0 Å². The number of rotatable bonds is 3. The fourth-order valence-corrected chi connectivity index (χ4v) is 2.61. The summed E-state index contributed by atoms with van der Waals surface area (Å²) in [5.74, 6) is 0.240. The van der Waals surface area contributed by atoms with Crippen LogP contribution in [-0.2, 0) is 4.74 Å².